The number of carbonyl (C=O) groups excluding carboxylic acids is 1. The Morgan fingerprint density at radius 3 is 2.81 bits per heavy atom. The van der Waals surface area contributed by atoms with Gasteiger partial charge in [0, 0.05) is 25.1 Å². The Kier molecular flexibility index (Phi) is 4.56. The Balaban J connectivity index is 2.25. The molecule has 1 aliphatic rings. The maximum atomic E-state index is 11.4. The molecule has 94 valence electrons. The fourth-order valence-corrected chi connectivity index (χ4v) is 1.55. The SMILES string of the molecule is CC(C)(C)OC(=O)NC[C@@H]1COCC[C@@H]1N. The first-order valence-electron chi connectivity index (χ1n) is 5.68. The first-order valence-corrected chi connectivity index (χ1v) is 5.68. The second kappa shape index (κ2) is 5.50. The Labute approximate surface area is 96.7 Å². The third-order valence-electron chi connectivity index (χ3n) is 2.44. The van der Waals surface area contributed by atoms with Crippen molar-refractivity contribution in [2.24, 2.45) is 11.7 Å². The van der Waals surface area contributed by atoms with E-state index < -0.39 is 11.7 Å². The van der Waals surface area contributed by atoms with E-state index in [1.807, 2.05) is 20.8 Å². The van der Waals surface area contributed by atoms with E-state index in [0.29, 0.717) is 19.8 Å². The van der Waals surface area contributed by atoms with Crippen LogP contribution in [0.15, 0.2) is 0 Å². The molecule has 1 saturated heterocycles. The summed E-state index contributed by atoms with van der Waals surface area (Å²) in [5.41, 5.74) is 5.46. The molecular formula is C11H22N2O3. The van der Waals surface area contributed by atoms with Gasteiger partial charge >= 0.3 is 6.09 Å². The molecule has 3 N–H and O–H groups in total. The zero-order valence-electron chi connectivity index (χ0n) is 10.3. The van der Waals surface area contributed by atoms with Crippen LogP contribution in [-0.4, -0.2) is 37.5 Å². The Hall–Kier alpha value is -0.810. The van der Waals surface area contributed by atoms with Crippen LogP contribution in [0.3, 0.4) is 0 Å². The van der Waals surface area contributed by atoms with E-state index in [9.17, 15) is 4.79 Å². The molecule has 1 rings (SSSR count). The van der Waals surface area contributed by atoms with Crippen molar-refractivity contribution in [2.45, 2.75) is 38.8 Å². The van der Waals surface area contributed by atoms with E-state index in [1.165, 1.54) is 0 Å². The van der Waals surface area contributed by atoms with Gasteiger partial charge in [-0.1, -0.05) is 0 Å². The number of rotatable bonds is 2. The molecule has 0 unspecified atom stereocenters. The van der Waals surface area contributed by atoms with Gasteiger partial charge in [0.25, 0.3) is 0 Å². The van der Waals surface area contributed by atoms with E-state index in [1.54, 1.807) is 0 Å². The first kappa shape index (κ1) is 13.3. The molecule has 1 fully saturated rings. The summed E-state index contributed by atoms with van der Waals surface area (Å²) in [5, 5.41) is 2.72. The van der Waals surface area contributed by atoms with Crippen LogP contribution in [0.5, 0.6) is 0 Å². The average Bonchev–Trinajstić information content (AvgIpc) is 2.14. The molecule has 0 aromatic heterocycles. The van der Waals surface area contributed by atoms with Crippen molar-refractivity contribution in [1.82, 2.24) is 5.32 Å². The first-order chi connectivity index (χ1) is 7.38. The van der Waals surface area contributed by atoms with Crippen LogP contribution in [0.4, 0.5) is 4.79 Å². The number of hydrogen-bond acceptors (Lipinski definition) is 4. The molecular weight excluding hydrogens is 208 g/mol. The lowest BCUT2D eigenvalue weighted by molar-refractivity contribution is 0.0332. The van der Waals surface area contributed by atoms with Gasteiger partial charge < -0.3 is 20.5 Å². The zero-order valence-corrected chi connectivity index (χ0v) is 10.3. The molecule has 0 saturated carbocycles. The number of amides is 1. The van der Waals surface area contributed by atoms with Crippen molar-refractivity contribution in [3.05, 3.63) is 0 Å². The minimum Gasteiger partial charge on any atom is -0.444 e. The summed E-state index contributed by atoms with van der Waals surface area (Å²) in [6, 6.07) is 0.101. The van der Waals surface area contributed by atoms with Gasteiger partial charge in [-0.25, -0.2) is 4.79 Å². The van der Waals surface area contributed by atoms with Crippen molar-refractivity contribution in [2.75, 3.05) is 19.8 Å². The lowest BCUT2D eigenvalue weighted by Gasteiger charge is -2.29. The molecule has 0 aromatic rings. The third-order valence-corrected chi connectivity index (χ3v) is 2.44. The van der Waals surface area contributed by atoms with Crippen LogP contribution >= 0.6 is 0 Å². The van der Waals surface area contributed by atoms with Gasteiger partial charge in [-0.15, -0.1) is 0 Å². The van der Waals surface area contributed by atoms with E-state index >= 15 is 0 Å². The highest BCUT2D eigenvalue weighted by atomic mass is 16.6. The number of hydrogen-bond donors (Lipinski definition) is 2. The van der Waals surface area contributed by atoms with E-state index in [0.717, 1.165) is 6.42 Å². The second-order valence-electron chi connectivity index (χ2n) is 5.17. The largest absolute Gasteiger partial charge is 0.444 e. The summed E-state index contributed by atoms with van der Waals surface area (Å²) >= 11 is 0. The molecule has 5 nitrogen and oxygen atoms in total. The quantitative estimate of drug-likeness (QED) is 0.738. The van der Waals surface area contributed by atoms with E-state index in [2.05, 4.69) is 5.32 Å². The topological polar surface area (TPSA) is 73.6 Å². The number of ether oxygens (including phenoxy) is 2. The smallest absolute Gasteiger partial charge is 0.407 e. The lowest BCUT2D eigenvalue weighted by Crippen LogP contribution is -2.45. The summed E-state index contributed by atoms with van der Waals surface area (Å²) in [6.45, 7) is 7.34. The zero-order chi connectivity index (χ0) is 12.2. The van der Waals surface area contributed by atoms with Crippen LogP contribution in [0.1, 0.15) is 27.2 Å². The highest BCUT2D eigenvalue weighted by Crippen LogP contribution is 2.12. The summed E-state index contributed by atoms with van der Waals surface area (Å²) in [6.07, 6.45) is 0.450. The molecule has 16 heavy (non-hydrogen) atoms. The van der Waals surface area contributed by atoms with Crippen molar-refractivity contribution in [1.29, 1.82) is 0 Å². The minimum atomic E-state index is -0.463. The maximum Gasteiger partial charge on any atom is 0.407 e. The molecule has 0 spiro atoms. The Morgan fingerprint density at radius 1 is 1.56 bits per heavy atom. The molecule has 0 aliphatic carbocycles. The molecule has 1 amide bonds. The highest BCUT2D eigenvalue weighted by molar-refractivity contribution is 5.67. The van der Waals surface area contributed by atoms with Gasteiger partial charge in [0.05, 0.1) is 6.61 Å². The summed E-state index contributed by atoms with van der Waals surface area (Å²) < 4.78 is 10.4. The summed E-state index contributed by atoms with van der Waals surface area (Å²) in [4.78, 5) is 11.4. The molecule has 2 atom stereocenters. The Morgan fingerprint density at radius 2 is 2.25 bits per heavy atom. The van der Waals surface area contributed by atoms with Crippen LogP contribution in [0.25, 0.3) is 0 Å². The monoisotopic (exact) mass is 230 g/mol. The minimum absolute atomic E-state index is 0.101. The molecule has 0 aromatic carbocycles. The predicted molar refractivity (Wildman–Crippen MR) is 61.1 cm³/mol. The summed E-state index contributed by atoms with van der Waals surface area (Å²) in [7, 11) is 0. The predicted octanol–water partition coefficient (Wildman–Crippen LogP) is 0.875. The highest BCUT2D eigenvalue weighted by Gasteiger charge is 2.24. The van der Waals surface area contributed by atoms with Gasteiger partial charge in [-0.2, -0.15) is 0 Å². The normalized spacial score (nSPS) is 26.2. The number of nitrogens with one attached hydrogen (secondary N) is 1. The second-order valence-corrected chi connectivity index (χ2v) is 5.17. The van der Waals surface area contributed by atoms with Crippen LogP contribution in [0, 0.1) is 5.92 Å². The van der Waals surface area contributed by atoms with Crippen LogP contribution in [0.2, 0.25) is 0 Å². The lowest BCUT2D eigenvalue weighted by atomic mass is 9.97. The standard InChI is InChI=1S/C11H22N2O3/c1-11(2,3)16-10(14)13-6-8-7-15-5-4-9(8)12/h8-9H,4-7,12H2,1-3H3,(H,13,14)/t8-,9+/m1/s1. The van der Waals surface area contributed by atoms with Gasteiger partial charge in [0.2, 0.25) is 0 Å². The van der Waals surface area contributed by atoms with Crippen molar-refractivity contribution >= 4 is 6.09 Å². The van der Waals surface area contributed by atoms with Crippen molar-refractivity contribution < 1.29 is 14.3 Å². The fourth-order valence-electron chi connectivity index (χ4n) is 1.55. The Bertz CT molecular complexity index is 238. The van der Waals surface area contributed by atoms with E-state index in [-0.39, 0.29) is 12.0 Å². The molecule has 1 heterocycles. The molecule has 0 bridgehead atoms. The molecule has 1 aliphatic heterocycles. The third kappa shape index (κ3) is 4.81. The van der Waals surface area contributed by atoms with Gasteiger partial charge in [-0.05, 0) is 27.2 Å². The fraction of sp³-hybridized carbons (Fsp3) is 0.909. The van der Waals surface area contributed by atoms with Crippen molar-refractivity contribution in [3.63, 3.8) is 0 Å². The number of nitrogens with two attached hydrogens (primary N) is 1. The number of alkyl carbamates (subject to hydrolysis) is 1. The van der Waals surface area contributed by atoms with Crippen molar-refractivity contribution in [3.8, 4) is 0 Å². The number of carbonyl (C=O) groups is 1. The molecule has 0 radical (unpaired) electrons. The van der Waals surface area contributed by atoms with Gasteiger partial charge in [0.1, 0.15) is 5.60 Å². The average molecular weight is 230 g/mol. The van der Waals surface area contributed by atoms with Gasteiger partial charge in [-0.3, -0.25) is 0 Å². The van der Waals surface area contributed by atoms with Gasteiger partial charge in [0.15, 0.2) is 0 Å². The summed E-state index contributed by atoms with van der Waals surface area (Å²) in [5.74, 6) is 0.182. The van der Waals surface area contributed by atoms with Crippen LogP contribution < -0.4 is 11.1 Å². The van der Waals surface area contributed by atoms with E-state index in [4.69, 9.17) is 15.2 Å². The molecule has 5 heteroatoms. The van der Waals surface area contributed by atoms with Crippen LogP contribution in [-0.2, 0) is 9.47 Å². The maximum absolute atomic E-state index is 11.4.